The minimum atomic E-state index is -1.07. The van der Waals surface area contributed by atoms with Crippen LogP contribution in [0.2, 0.25) is 0 Å². The number of halogens is 2. The summed E-state index contributed by atoms with van der Waals surface area (Å²) in [7, 11) is 0. The molecule has 2 nitrogen and oxygen atoms in total. The van der Waals surface area contributed by atoms with Crippen LogP contribution in [-0.4, -0.2) is 16.9 Å². The highest BCUT2D eigenvalue weighted by atomic mass is 35.5. The van der Waals surface area contributed by atoms with Crippen LogP contribution in [0, 0.1) is 28.6 Å². The molecule has 0 amide bonds. The fourth-order valence-corrected chi connectivity index (χ4v) is 7.04. The SMILES string of the molecule is C[C@]12CCC[C@@H]1[C@H]1CC=C3C[C@H](OC(=O)C(Cl)Cl)CC[C@]3(C)[C@@H]1CC2. The zero-order valence-corrected chi connectivity index (χ0v) is 16.9. The van der Waals surface area contributed by atoms with Crippen LogP contribution in [0.5, 0.6) is 0 Å². The Morgan fingerprint density at radius 2 is 1.96 bits per heavy atom. The number of fused-ring (bicyclic) bond motifs is 5. The second kappa shape index (κ2) is 6.44. The lowest BCUT2D eigenvalue weighted by Gasteiger charge is -2.57. The van der Waals surface area contributed by atoms with Crippen LogP contribution in [0.1, 0.15) is 71.6 Å². The quantitative estimate of drug-likeness (QED) is 0.328. The Kier molecular flexibility index (Phi) is 4.68. The van der Waals surface area contributed by atoms with Gasteiger partial charge in [-0.15, -0.1) is 0 Å². The van der Waals surface area contributed by atoms with Crippen molar-refractivity contribution < 1.29 is 9.53 Å². The van der Waals surface area contributed by atoms with Crippen molar-refractivity contribution in [2.45, 2.75) is 82.6 Å². The highest BCUT2D eigenvalue weighted by Crippen LogP contribution is 2.64. The van der Waals surface area contributed by atoms with Gasteiger partial charge in [-0.1, -0.05) is 55.1 Å². The molecular formula is C21H30Cl2O2. The van der Waals surface area contributed by atoms with E-state index in [1.165, 1.54) is 44.1 Å². The van der Waals surface area contributed by atoms with Gasteiger partial charge in [-0.3, -0.25) is 0 Å². The summed E-state index contributed by atoms with van der Waals surface area (Å²) in [6.07, 6.45) is 13.7. The molecule has 6 atom stereocenters. The first-order chi connectivity index (χ1) is 11.8. The predicted molar refractivity (Wildman–Crippen MR) is 102 cm³/mol. The van der Waals surface area contributed by atoms with Crippen LogP contribution < -0.4 is 0 Å². The van der Waals surface area contributed by atoms with E-state index in [2.05, 4.69) is 19.9 Å². The van der Waals surface area contributed by atoms with Gasteiger partial charge in [0, 0.05) is 6.42 Å². The van der Waals surface area contributed by atoms with E-state index in [0.717, 1.165) is 37.0 Å². The van der Waals surface area contributed by atoms with Crippen molar-refractivity contribution in [3.63, 3.8) is 0 Å². The lowest BCUT2D eigenvalue weighted by molar-refractivity contribution is -0.149. The van der Waals surface area contributed by atoms with Gasteiger partial charge in [-0.25, -0.2) is 4.79 Å². The van der Waals surface area contributed by atoms with Crippen molar-refractivity contribution in [2.24, 2.45) is 28.6 Å². The molecule has 0 heterocycles. The van der Waals surface area contributed by atoms with Gasteiger partial charge in [-0.2, -0.15) is 0 Å². The smallest absolute Gasteiger partial charge is 0.339 e. The second-order valence-corrected chi connectivity index (χ2v) is 10.5. The maximum atomic E-state index is 11.7. The van der Waals surface area contributed by atoms with Crippen molar-refractivity contribution in [2.75, 3.05) is 0 Å². The van der Waals surface area contributed by atoms with E-state index in [-0.39, 0.29) is 6.10 Å². The summed E-state index contributed by atoms with van der Waals surface area (Å²) in [4.78, 5) is 10.7. The first-order valence-corrected chi connectivity index (χ1v) is 10.9. The van der Waals surface area contributed by atoms with E-state index in [1.807, 2.05) is 0 Å². The lowest BCUT2D eigenvalue weighted by Crippen LogP contribution is -2.49. The molecule has 0 aromatic heterocycles. The summed E-state index contributed by atoms with van der Waals surface area (Å²) in [6.45, 7) is 5.03. The molecule has 3 fully saturated rings. The van der Waals surface area contributed by atoms with E-state index in [4.69, 9.17) is 27.9 Å². The van der Waals surface area contributed by atoms with Gasteiger partial charge in [0.05, 0.1) is 0 Å². The molecule has 4 rings (SSSR count). The van der Waals surface area contributed by atoms with E-state index >= 15 is 0 Å². The second-order valence-electron chi connectivity index (χ2n) is 9.45. The largest absolute Gasteiger partial charge is 0.460 e. The normalized spacial score (nSPS) is 46.0. The molecule has 0 bridgehead atoms. The van der Waals surface area contributed by atoms with Crippen LogP contribution in [0.4, 0.5) is 0 Å². The van der Waals surface area contributed by atoms with E-state index < -0.39 is 10.8 Å². The maximum Gasteiger partial charge on any atom is 0.339 e. The molecule has 0 aliphatic heterocycles. The Labute approximate surface area is 161 Å². The topological polar surface area (TPSA) is 26.3 Å². The number of hydrogen-bond acceptors (Lipinski definition) is 2. The van der Waals surface area contributed by atoms with Gasteiger partial charge in [0.2, 0.25) is 4.84 Å². The number of alkyl halides is 2. The van der Waals surface area contributed by atoms with E-state index in [1.54, 1.807) is 0 Å². The third kappa shape index (κ3) is 2.96. The standard InChI is InChI=1S/C21H30Cl2O2/c1-20-9-3-4-16(20)15-6-5-13-12-14(25-19(24)18(22)23)7-11-21(13,2)17(15)8-10-20/h5,14-18H,3-4,6-12H2,1-2H3/t14-,15-,16-,17-,20-,21+/m1/s1. The average Bonchev–Trinajstić information content (AvgIpc) is 2.96. The van der Waals surface area contributed by atoms with Gasteiger partial charge >= 0.3 is 5.97 Å². The zero-order chi connectivity index (χ0) is 17.8. The fraction of sp³-hybridized carbons (Fsp3) is 0.857. The fourth-order valence-electron chi connectivity index (χ4n) is 6.94. The molecule has 0 unspecified atom stereocenters. The zero-order valence-electron chi connectivity index (χ0n) is 15.4. The molecule has 0 N–H and O–H groups in total. The third-order valence-electron chi connectivity index (χ3n) is 8.30. The minimum absolute atomic E-state index is 0.0521. The molecule has 4 aliphatic carbocycles. The number of carbonyl (C=O) groups excluding carboxylic acids is 1. The Morgan fingerprint density at radius 1 is 1.16 bits per heavy atom. The molecule has 0 aromatic rings. The average molecular weight is 385 g/mol. The Hall–Kier alpha value is -0.210. The Balaban J connectivity index is 1.52. The molecule has 0 aromatic carbocycles. The van der Waals surface area contributed by atoms with Crippen LogP contribution in [0.15, 0.2) is 11.6 Å². The monoisotopic (exact) mass is 384 g/mol. The van der Waals surface area contributed by atoms with Crippen molar-refractivity contribution in [3.05, 3.63) is 11.6 Å². The number of hydrogen-bond donors (Lipinski definition) is 0. The van der Waals surface area contributed by atoms with Gasteiger partial charge in [0.15, 0.2) is 0 Å². The summed E-state index contributed by atoms with van der Waals surface area (Å²) >= 11 is 11.3. The molecule has 4 aliphatic rings. The molecular weight excluding hydrogens is 355 g/mol. The lowest BCUT2D eigenvalue weighted by atomic mass is 9.48. The highest BCUT2D eigenvalue weighted by Gasteiger charge is 2.55. The molecule has 25 heavy (non-hydrogen) atoms. The van der Waals surface area contributed by atoms with Gasteiger partial charge in [0.1, 0.15) is 6.10 Å². The minimum Gasteiger partial charge on any atom is -0.460 e. The van der Waals surface area contributed by atoms with Crippen molar-refractivity contribution in [1.29, 1.82) is 0 Å². The van der Waals surface area contributed by atoms with E-state index in [0.29, 0.717) is 10.8 Å². The number of carbonyl (C=O) groups is 1. The molecule has 3 saturated carbocycles. The van der Waals surface area contributed by atoms with Gasteiger partial charge < -0.3 is 4.74 Å². The van der Waals surface area contributed by atoms with Gasteiger partial charge in [-0.05, 0) is 73.5 Å². The van der Waals surface area contributed by atoms with Crippen LogP contribution >= 0.6 is 23.2 Å². The summed E-state index contributed by atoms with van der Waals surface area (Å²) in [5, 5.41) is 0. The molecule has 0 radical (unpaired) electrons. The number of allylic oxidation sites excluding steroid dienone is 1. The van der Waals surface area contributed by atoms with Crippen LogP contribution in [-0.2, 0) is 9.53 Å². The number of rotatable bonds is 2. The van der Waals surface area contributed by atoms with E-state index in [9.17, 15) is 4.79 Å². The number of ether oxygens (including phenoxy) is 1. The predicted octanol–water partition coefficient (Wildman–Crippen LogP) is 6.05. The Morgan fingerprint density at radius 3 is 2.72 bits per heavy atom. The summed E-state index contributed by atoms with van der Waals surface area (Å²) in [5.41, 5.74) is 2.43. The third-order valence-corrected chi connectivity index (χ3v) is 8.66. The maximum absolute atomic E-state index is 11.7. The van der Waals surface area contributed by atoms with Gasteiger partial charge in [0.25, 0.3) is 0 Å². The first-order valence-electron chi connectivity index (χ1n) is 10.0. The molecule has 0 saturated heterocycles. The molecule has 0 spiro atoms. The summed E-state index contributed by atoms with van der Waals surface area (Å²) in [6, 6.07) is 0. The van der Waals surface area contributed by atoms with Crippen molar-refractivity contribution in [1.82, 2.24) is 0 Å². The molecule has 140 valence electrons. The summed E-state index contributed by atoms with van der Waals surface area (Å²) in [5.74, 6) is 2.11. The first kappa shape index (κ1) is 18.2. The summed E-state index contributed by atoms with van der Waals surface area (Å²) < 4.78 is 5.52. The van der Waals surface area contributed by atoms with Crippen LogP contribution in [0.3, 0.4) is 0 Å². The number of esters is 1. The molecule has 4 heteroatoms. The van der Waals surface area contributed by atoms with Crippen LogP contribution in [0.25, 0.3) is 0 Å². The Bertz CT molecular complexity index is 586. The van der Waals surface area contributed by atoms with Crippen molar-refractivity contribution >= 4 is 29.2 Å². The highest BCUT2D eigenvalue weighted by molar-refractivity contribution is 6.52. The van der Waals surface area contributed by atoms with Crippen molar-refractivity contribution in [3.8, 4) is 0 Å².